The van der Waals surface area contributed by atoms with E-state index in [1.54, 1.807) is 0 Å². The highest BCUT2D eigenvalue weighted by atomic mass is 16.5. The Kier molecular flexibility index (Phi) is 3.65. The number of nitrogens with two attached hydrogens (primary N) is 1. The van der Waals surface area contributed by atoms with Crippen LogP contribution in [0, 0.1) is 0 Å². The van der Waals surface area contributed by atoms with Gasteiger partial charge in [0.25, 0.3) is 0 Å². The van der Waals surface area contributed by atoms with Gasteiger partial charge < -0.3 is 21.3 Å². The standard InChI is InChI=1S/C6H12N2O4/c1-6(11,12)8-5(10)3-2-4(7)9/h11-12H,2-3H2,1H3,(H2,7,9)(H,8,10). The molecule has 0 aromatic heterocycles. The summed E-state index contributed by atoms with van der Waals surface area (Å²) in [6, 6.07) is 0. The summed E-state index contributed by atoms with van der Waals surface area (Å²) in [5, 5.41) is 19.2. The zero-order valence-electron chi connectivity index (χ0n) is 6.70. The van der Waals surface area contributed by atoms with Crippen molar-refractivity contribution in [3.8, 4) is 0 Å². The SMILES string of the molecule is CC(O)(O)NC(=O)CCC(N)=O. The Labute approximate surface area is 69.4 Å². The van der Waals surface area contributed by atoms with Crippen molar-refractivity contribution in [3.63, 3.8) is 0 Å². The molecule has 12 heavy (non-hydrogen) atoms. The van der Waals surface area contributed by atoms with Crippen LogP contribution in [-0.2, 0) is 9.59 Å². The number of primary amides is 1. The molecule has 0 aromatic carbocycles. The van der Waals surface area contributed by atoms with Gasteiger partial charge in [-0.25, -0.2) is 0 Å². The number of carbonyl (C=O) groups is 2. The number of aliphatic hydroxyl groups is 2. The number of carbonyl (C=O) groups excluding carboxylic acids is 2. The third-order valence-electron chi connectivity index (χ3n) is 0.975. The van der Waals surface area contributed by atoms with Crippen LogP contribution >= 0.6 is 0 Å². The molecule has 0 aromatic rings. The summed E-state index contributed by atoms with van der Waals surface area (Å²) in [5.74, 6) is -3.49. The molecule has 0 atom stereocenters. The molecular formula is C6H12N2O4. The minimum Gasteiger partial charge on any atom is -0.370 e. The van der Waals surface area contributed by atoms with Crippen LogP contribution in [0.4, 0.5) is 0 Å². The van der Waals surface area contributed by atoms with E-state index < -0.39 is 17.7 Å². The van der Waals surface area contributed by atoms with E-state index in [2.05, 4.69) is 0 Å². The van der Waals surface area contributed by atoms with Crippen molar-refractivity contribution in [2.24, 2.45) is 5.73 Å². The molecule has 0 saturated heterocycles. The minimum atomic E-state index is -2.24. The van der Waals surface area contributed by atoms with Gasteiger partial charge in [0.15, 0.2) is 0 Å². The average Bonchev–Trinajstić information content (AvgIpc) is 1.79. The second-order valence-electron chi connectivity index (χ2n) is 2.54. The largest absolute Gasteiger partial charge is 0.370 e. The van der Waals surface area contributed by atoms with Crippen molar-refractivity contribution in [2.45, 2.75) is 25.7 Å². The molecule has 6 nitrogen and oxygen atoms in total. The molecule has 0 aliphatic carbocycles. The first-order chi connectivity index (χ1) is 5.31. The lowest BCUT2D eigenvalue weighted by molar-refractivity contribution is -0.177. The molecule has 6 heteroatoms. The van der Waals surface area contributed by atoms with Gasteiger partial charge in [-0.2, -0.15) is 0 Å². The van der Waals surface area contributed by atoms with Crippen molar-refractivity contribution in [1.29, 1.82) is 0 Å². The third-order valence-corrected chi connectivity index (χ3v) is 0.975. The van der Waals surface area contributed by atoms with Crippen LogP contribution in [0.15, 0.2) is 0 Å². The highest BCUT2D eigenvalue weighted by molar-refractivity contribution is 5.82. The van der Waals surface area contributed by atoms with Gasteiger partial charge in [-0.05, 0) is 0 Å². The quantitative estimate of drug-likeness (QED) is 0.372. The van der Waals surface area contributed by atoms with Crippen molar-refractivity contribution in [2.75, 3.05) is 0 Å². The maximum absolute atomic E-state index is 10.7. The van der Waals surface area contributed by atoms with E-state index in [4.69, 9.17) is 15.9 Å². The van der Waals surface area contributed by atoms with Gasteiger partial charge in [-0.3, -0.25) is 9.59 Å². The molecule has 0 unspecified atom stereocenters. The van der Waals surface area contributed by atoms with E-state index >= 15 is 0 Å². The molecule has 5 N–H and O–H groups in total. The zero-order chi connectivity index (χ0) is 9.78. The van der Waals surface area contributed by atoms with E-state index in [-0.39, 0.29) is 12.8 Å². The highest BCUT2D eigenvalue weighted by Gasteiger charge is 2.17. The summed E-state index contributed by atoms with van der Waals surface area (Å²) in [5.41, 5.74) is 4.76. The summed E-state index contributed by atoms with van der Waals surface area (Å²) in [7, 11) is 0. The van der Waals surface area contributed by atoms with Gasteiger partial charge in [0, 0.05) is 19.8 Å². The van der Waals surface area contributed by atoms with Crippen LogP contribution in [0.3, 0.4) is 0 Å². The van der Waals surface area contributed by atoms with E-state index in [1.165, 1.54) is 0 Å². The molecule has 0 spiro atoms. The second-order valence-corrected chi connectivity index (χ2v) is 2.54. The van der Waals surface area contributed by atoms with Gasteiger partial charge >= 0.3 is 0 Å². The zero-order valence-corrected chi connectivity index (χ0v) is 6.70. The number of nitrogens with one attached hydrogen (secondary N) is 1. The smallest absolute Gasteiger partial charge is 0.243 e. The summed E-state index contributed by atoms with van der Waals surface area (Å²) < 4.78 is 0. The van der Waals surface area contributed by atoms with Crippen molar-refractivity contribution < 1.29 is 19.8 Å². The fraction of sp³-hybridized carbons (Fsp3) is 0.667. The summed E-state index contributed by atoms with van der Waals surface area (Å²) in [6.07, 6.45) is -0.256. The first-order valence-corrected chi connectivity index (χ1v) is 3.35. The van der Waals surface area contributed by atoms with Gasteiger partial charge in [-0.15, -0.1) is 0 Å². The molecule has 0 heterocycles. The molecule has 0 bridgehead atoms. The van der Waals surface area contributed by atoms with Gasteiger partial charge in [-0.1, -0.05) is 0 Å². The van der Waals surface area contributed by atoms with Crippen molar-refractivity contribution in [3.05, 3.63) is 0 Å². The normalized spacial score (nSPS) is 10.9. The predicted octanol–water partition coefficient (Wildman–Crippen LogP) is -1.97. The topological polar surface area (TPSA) is 113 Å². The fourth-order valence-corrected chi connectivity index (χ4v) is 0.563. The maximum atomic E-state index is 10.7. The van der Waals surface area contributed by atoms with Crippen LogP contribution in [-0.4, -0.2) is 27.9 Å². The first kappa shape index (κ1) is 10.9. The van der Waals surface area contributed by atoms with Crippen molar-refractivity contribution in [1.82, 2.24) is 5.32 Å². The molecule has 0 radical (unpaired) electrons. The van der Waals surface area contributed by atoms with Crippen LogP contribution < -0.4 is 11.1 Å². The molecule has 70 valence electrons. The number of hydrogen-bond donors (Lipinski definition) is 4. The van der Waals surface area contributed by atoms with Gasteiger partial charge in [0.1, 0.15) is 0 Å². The van der Waals surface area contributed by atoms with Crippen molar-refractivity contribution >= 4 is 11.8 Å². The molecule has 0 aliphatic heterocycles. The lowest BCUT2D eigenvalue weighted by Gasteiger charge is -2.16. The monoisotopic (exact) mass is 176 g/mol. The maximum Gasteiger partial charge on any atom is 0.243 e. The Bertz CT molecular complexity index is 184. The average molecular weight is 176 g/mol. The molecule has 0 rings (SSSR count). The Morgan fingerprint density at radius 1 is 1.42 bits per heavy atom. The predicted molar refractivity (Wildman–Crippen MR) is 39.4 cm³/mol. The molecule has 2 amide bonds. The lowest BCUT2D eigenvalue weighted by atomic mass is 10.3. The Morgan fingerprint density at radius 2 is 1.92 bits per heavy atom. The van der Waals surface area contributed by atoms with E-state index in [0.717, 1.165) is 6.92 Å². The van der Waals surface area contributed by atoms with E-state index in [9.17, 15) is 9.59 Å². The summed E-state index contributed by atoms with van der Waals surface area (Å²) in [6.45, 7) is 0.995. The number of hydrogen-bond acceptors (Lipinski definition) is 4. The molecule has 0 saturated carbocycles. The van der Waals surface area contributed by atoms with Crippen LogP contribution in [0.5, 0.6) is 0 Å². The summed E-state index contributed by atoms with van der Waals surface area (Å²) >= 11 is 0. The van der Waals surface area contributed by atoms with Gasteiger partial charge in [0.05, 0.1) is 0 Å². The number of amides is 2. The lowest BCUT2D eigenvalue weighted by Crippen LogP contribution is -2.45. The van der Waals surface area contributed by atoms with Crippen LogP contribution in [0.2, 0.25) is 0 Å². The van der Waals surface area contributed by atoms with Gasteiger partial charge in [0.2, 0.25) is 17.7 Å². The second kappa shape index (κ2) is 4.03. The van der Waals surface area contributed by atoms with Crippen LogP contribution in [0.1, 0.15) is 19.8 Å². The molecule has 0 fully saturated rings. The molecule has 0 aliphatic rings. The van der Waals surface area contributed by atoms with Crippen LogP contribution in [0.25, 0.3) is 0 Å². The third kappa shape index (κ3) is 6.97. The number of rotatable bonds is 4. The van der Waals surface area contributed by atoms with E-state index in [0.29, 0.717) is 0 Å². The Hall–Kier alpha value is -1.14. The minimum absolute atomic E-state index is 0.109. The Balaban J connectivity index is 3.68. The molecular weight excluding hydrogens is 164 g/mol. The first-order valence-electron chi connectivity index (χ1n) is 3.35. The highest BCUT2D eigenvalue weighted by Crippen LogP contribution is 1.93. The summed E-state index contributed by atoms with van der Waals surface area (Å²) in [4.78, 5) is 20.9. The Morgan fingerprint density at radius 3 is 2.25 bits per heavy atom. The fourth-order valence-electron chi connectivity index (χ4n) is 0.563. The van der Waals surface area contributed by atoms with E-state index in [1.807, 2.05) is 5.32 Å².